The van der Waals surface area contributed by atoms with Gasteiger partial charge in [-0.1, -0.05) is 26.0 Å². The summed E-state index contributed by atoms with van der Waals surface area (Å²) in [6, 6.07) is 0. The fraction of sp³-hybridized carbons (Fsp3) is 0.800. The number of ketones is 2. The minimum Gasteiger partial charge on any atom is -0.373 e. The monoisotopic (exact) mass is 344 g/mol. The van der Waals surface area contributed by atoms with Gasteiger partial charge in [0.05, 0.1) is 48.5 Å². The van der Waals surface area contributed by atoms with Crippen molar-refractivity contribution in [3.63, 3.8) is 0 Å². The highest BCUT2D eigenvalue weighted by Gasteiger charge is 2.76. The van der Waals surface area contributed by atoms with Crippen LogP contribution in [0.5, 0.6) is 0 Å². The fourth-order valence-electron chi connectivity index (χ4n) is 7.14. The van der Waals surface area contributed by atoms with E-state index in [1.807, 2.05) is 13.8 Å². The summed E-state index contributed by atoms with van der Waals surface area (Å²) in [6.45, 7) is 3.78. The van der Waals surface area contributed by atoms with Crippen LogP contribution in [0, 0.1) is 35.5 Å². The lowest BCUT2D eigenvalue weighted by Gasteiger charge is -2.41. The average molecular weight is 344 g/mol. The van der Waals surface area contributed by atoms with E-state index in [1.165, 1.54) is 0 Å². The Labute approximate surface area is 147 Å². The first-order valence-corrected chi connectivity index (χ1v) is 9.85. The number of carbonyl (C=O) groups excluding carboxylic acids is 2. The molecule has 25 heavy (non-hydrogen) atoms. The molecule has 5 fully saturated rings. The van der Waals surface area contributed by atoms with Gasteiger partial charge in [-0.25, -0.2) is 0 Å². The van der Waals surface area contributed by atoms with Crippen LogP contribution in [0.25, 0.3) is 0 Å². The quantitative estimate of drug-likeness (QED) is 0.724. The van der Waals surface area contributed by atoms with Crippen LogP contribution in [0.4, 0.5) is 0 Å². The van der Waals surface area contributed by atoms with Crippen LogP contribution in [0.2, 0.25) is 0 Å². The van der Waals surface area contributed by atoms with Crippen LogP contribution in [0.15, 0.2) is 12.2 Å². The molecule has 0 spiro atoms. The zero-order chi connectivity index (χ0) is 17.0. The summed E-state index contributed by atoms with van der Waals surface area (Å²) in [5.41, 5.74) is 0. The van der Waals surface area contributed by atoms with Gasteiger partial charge in [0, 0.05) is 36.5 Å². The van der Waals surface area contributed by atoms with Crippen molar-refractivity contribution in [2.75, 3.05) is 0 Å². The molecule has 6 aliphatic heterocycles. The third-order valence-corrected chi connectivity index (χ3v) is 7.89. The summed E-state index contributed by atoms with van der Waals surface area (Å²) in [6.07, 6.45) is 5.61. The average Bonchev–Trinajstić information content (AvgIpc) is 3.42. The number of rotatable bonds is 4. The van der Waals surface area contributed by atoms with E-state index in [1.54, 1.807) is 0 Å². The highest BCUT2D eigenvalue weighted by molar-refractivity contribution is 5.91. The maximum atomic E-state index is 12.7. The van der Waals surface area contributed by atoms with Gasteiger partial charge in [0.15, 0.2) is 0 Å². The van der Waals surface area contributed by atoms with E-state index in [0.717, 1.165) is 0 Å². The van der Waals surface area contributed by atoms with Crippen LogP contribution in [-0.2, 0) is 23.8 Å². The molecule has 0 aromatic rings. The van der Waals surface area contributed by atoms with Crippen molar-refractivity contribution in [3.05, 3.63) is 12.2 Å². The molecule has 6 heterocycles. The van der Waals surface area contributed by atoms with E-state index in [9.17, 15) is 9.59 Å². The van der Waals surface area contributed by atoms with E-state index in [4.69, 9.17) is 14.2 Å². The fourth-order valence-corrected chi connectivity index (χ4v) is 7.14. The molecular formula is C20H24O5. The minimum absolute atomic E-state index is 0.125. The molecule has 5 saturated heterocycles. The first-order valence-electron chi connectivity index (χ1n) is 9.85. The molecule has 6 rings (SSSR count). The van der Waals surface area contributed by atoms with E-state index in [0.29, 0.717) is 24.7 Å². The third kappa shape index (κ3) is 1.58. The molecular weight excluding hydrogens is 320 g/mol. The standard InChI is InChI=1S/C20H24O5/c1-3-7(21)11-12(8(22)4-2)18-16-15(17(11)24-18)19-13-9-5-6-10(23-9)14(13)20(16)25-19/h5-6,9-20H,3-4H2,1-2H3. The van der Waals surface area contributed by atoms with Gasteiger partial charge in [0.2, 0.25) is 0 Å². The predicted octanol–water partition coefficient (Wildman–Crippen LogP) is 1.54. The zero-order valence-corrected chi connectivity index (χ0v) is 14.5. The minimum atomic E-state index is -0.264. The number of Topliss-reactive ketones (excluding diaryl/α,β-unsaturated/α-hetero) is 2. The predicted molar refractivity (Wildman–Crippen MR) is 86.7 cm³/mol. The van der Waals surface area contributed by atoms with Crippen LogP contribution in [-0.4, -0.2) is 48.2 Å². The smallest absolute Gasteiger partial charge is 0.139 e. The molecule has 6 aliphatic rings. The zero-order valence-electron chi connectivity index (χ0n) is 14.5. The maximum absolute atomic E-state index is 12.7. The van der Waals surface area contributed by atoms with Crippen molar-refractivity contribution in [1.29, 1.82) is 0 Å². The number of hydrogen-bond acceptors (Lipinski definition) is 5. The second-order valence-corrected chi connectivity index (χ2v) is 8.58. The molecule has 0 aromatic heterocycles. The molecule has 0 radical (unpaired) electrons. The molecule has 5 heteroatoms. The Morgan fingerprint density at radius 3 is 1.56 bits per heavy atom. The molecule has 6 bridgehead atoms. The van der Waals surface area contributed by atoms with E-state index < -0.39 is 0 Å². The Morgan fingerprint density at radius 1 is 0.680 bits per heavy atom. The van der Waals surface area contributed by atoms with E-state index in [2.05, 4.69) is 12.2 Å². The molecule has 0 aliphatic carbocycles. The molecule has 12 atom stereocenters. The van der Waals surface area contributed by atoms with Gasteiger partial charge < -0.3 is 14.2 Å². The molecule has 0 aromatic carbocycles. The number of fused-ring (bicyclic) bond motifs is 16. The first kappa shape index (κ1) is 15.1. The molecule has 134 valence electrons. The van der Waals surface area contributed by atoms with Crippen molar-refractivity contribution in [2.24, 2.45) is 35.5 Å². The summed E-state index contributed by atoms with van der Waals surface area (Å²) >= 11 is 0. The second-order valence-electron chi connectivity index (χ2n) is 8.58. The van der Waals surface area contributed by atoms with Crippen molar-refractivity contribution >= 4 is 11.6 Å². The third-order valence-electron chi connectivity index (χ3n) is 7.89. The lowest BCUT2D eigenvalue weighted by molar-refractivity contribution is -0.134. The van der Waals surface area contributed by atoms with Gasteiger partial charge in [-0.15, -0.1) is 0 Å². The first-order chi connectivity index (χ1) is 12.2. The van der Waals surface area contributed by atoms with Gasteiger partial charge in [-0.2, -0.15) is 0 Å². The Morgan fingerprint density at radius 2 is 1.12 bits per heavy atom. The SMILES string of the molecule is CCC(=O)C1C2OC(C1C(=O)CC)C1C3OC(C4C5C=CC(O5)C34)C21. The van der Waals surface area contributed by atoms with Gasteiger partial charge in [-0.3, -0.25) is 9.59 Å². The van der Waals surface area contributed by atoms with Gasteiger partial charge in [0.25, 0.3) is 0 Å². The maximum Gasteiger partial charge on any atom is 0.139 e. The largest absolute Gasteiger partial charge is 0.373 e. The Balaban J connectivity index is 1.40. The van der Waals surface area contributed by atoms with Gasteiger partial charge in [0.1, 0.15) is 11.6 Å². The van der Waals surface area contributed by atoms with Crippen LogP contribution in [0.3, 0.4) is 0 Å². The number of hydrogen-bond donors (Lipinski definition) is 0. The summed E-state index contributed by atoms with van der Waals surface area (Å²) in [7, 11) is 0. The van der Waals surface area contributed by atoms with Gasteiger partial charge in [-0.05, 0) is 0 Å². The highest BCUT2D eigenvalue weighted by atomic mass is 16.6. The second kappa shape index (κ2) is 4.81. The Hall–Kier alpha value is -1.04. The summed E-state index contributed by atoms with van der Waals surface area (Å²) in [5.74, 6) is 1.16. The lowest BCUT2D eigenvalue weighted by Crippen LogP contribution is -2.54. The highest BCUT2D eigenvalue weighted by Crippen LogP contribution is 2.67. The Bertz CT molecular complexity index is 632. The van der Waals surface area contributed by atoms with Crippen LogP contribution in [0.1, 0.15) is 26.7 Å². The summed E-state index contributed by atoms with van der Waals surface area (Å²) in [4.78, 5) is 25.4. The van der Waals surface area contributed by atoms with Crippen LogP contribution < -0.4 is 0 Å². The summed E-state index contributed by atoms with van der Waals surface area (Å²) < 4.78 is 18.9. The van der Waals surface area contributed by atoms with Crippen molar-refractivity contribution in [2.45, 2.75) is 63.3 Å². The Kier molecular flexibility index (Phi) is 2.90. The molecule has 0 N–H and O–H groups in total. The topological polar surface area (TPSA) is 61.8 Å². The number of carbonyl (C=O) groups is 2. The molecule has 5 nitrogen and oxygen atoms in total. The van der Waals surface area contributed by atoms with E-state index >= 15 is 0 Å². The van der Waals surface area contributed by atoms with Crippen LogP contribution >= 0.6 is 0 Å². The van der Waals surface area contributed by atoms with Crippen molar-refractivity contribution in [1.82, 2.24) is 0 Å². The number of ether oxygens (including phenoxy) is 3. The lowest BCUT2D eigenvalue weighted by atomic mass is 9.56. The van der Waals surface area contributed by atoms with Crippen molar-refractivity contribution < 1.29 is 23.8 Å². The molecule has 0 amide bonds. The van der Waals surface area contributed by atoms with Crippen molar-refractivity contribution in [3.8, 4) is 0 Å². The van der Waals surface area contributed by atoms with E-state index in [-0.39, 0.29) is 71.9 Å². The molecule has 0 saturated carbocycles. The normalized spacial score (nSPS) is 58.8. The molecule has 12 unspecified atom stereocenters. The van der Waals surface area contributed by atoms with Gasteiger partial charge >= 0.3 is 0 Å². The summed E-state index contributed by atoms with van der Waals surface area (Å²) in [5, 5.41) is 0.